The van der Waals surface area contributed by atoms with Gasteiger partial charge >= 0.3 is 6.18 Å². The van der Waals surface area contributed by atoms with Gasteiger partial charge in [-0.05, 0) is 36.8 Å². The van der Waals surface area contributed by atoms with Crippen LogP contribution in [-0.4, -0.2) is 56.3 Å². The van der Waals surface area contributed by atoms with Crippen molar-refractivity contribution in [2.75, 3.05) is 38.0 Å². The molecule has 1 amide bonds. The lowest BCUT2D eigenvalue weighted by Gasteiger charge is -2.34. The molecule has 1 N–H and O–H groups in total. The van der Waals surface area contributed by atoms with Crippen LogP contribution in [0.3, 0.4) is 0 Å². The van der Waals surface area contributed by atoms with E-state index in [9.17, 15) is 26.4 Å². The number of carbonyl (C=O) groups excluding carboxylic acids is 1. The first-order valence-electron chi connectivity index (χ1n) is 9.84. The average molecular weight is 456 g/mol. The maximum atomic E-state index is 12.9. The molecule has 0 atom stereocenters. The van der Waals surface area contributed by atoms with Gasteiger partial charge in [0, 0.05) is 44.8 Å². The number of nitrogens with one attached hydrogen (secondary N) is 1. The smallest absolute Gasteiger partial charge is 0.384 e. The van der Waals surface area contributed by atoms with Crippen molar-refractivity contribution < 1.29 is 26.4 Å². The van der Waals surface area contributed by atoms with Gasteiger partial charge in [0.15, 0.2) is 0 Å². The van der Waals surface area contributed by atoms with Gasteiger partial charge < -0.3 is 10.2 Å². The number of anilines is 1. The Kier molecular flexibility index (Phi) is 6.90. The predicted molar refractivity (Wildman–Crippen MR) is 111 cm³/mol. The second kappa shape index (κ2) is 9.27. The van der Waals surface area contributed by atoms with E-state index in [2.05, 4.69) is 5.32 Å². The zero-order valence-electron chi connectivity index (χ0n) is 17.0. The molecular formula is C21H24F3N3O3S. The highest BCUT2D eigenvalue weighted by molar-refractivity contribution is 7.89. The zero-order valence-corrected chi connectivity index (χ0v) is 17.8. The van der Waals surface area contributed by atoms with E-state index in [4.69, 9.17) is 0 Å². The average Bonchev–Trinajstić information content (AvgIpc) is 2.74. The van der Waals surface area contributed by atoms with E-state index in [1.165, 1.54) is 0 Å². The highest BCUT2D eigenvalue weighted by atomic mass is 32.2. The fourth-order valence-corrected chi connectivity index (χ4v) is 4.86. The molecule has 3 rings (SSSR count). The van der Waals surface area contributed by atoms with Crippen molar-refractivity contribution in [3.05, 3.63) is 59.7 Å². The van der Waals surface area contributed by atoms with Crippen LogP contribution in [0.5, 0.6) is 0 Å². The molecule has 31 heavy (non-hydrogen) atoms. The number of rotatable bonds is 6. The van der Waals surface area contributed by atoms with Crippen LogP contribution in [0.4, 0.5) is 18.9 Å². The lowest BCUT2D eigenvalue weighted by Crippen LogP contribution is -2.50. The molecular weight excluding hydrogens is 431 g/mol. The summed E-state index contributed by atoms with van der Waals surface area (Å²) in [7, 11) is -4.07. The summed E-state index contributed by atoms with van der Waals surface area (Å²) in [6.07, 6.45) is -4.36. The first-order chi connectivity index (χ1) is 14.6. The van der Waals surface area contributed by atoms with E-state index >= 15 is 0 Å². The minimum absolute atomic E-state index is 0.0372. The van der Waals surface area contributed by atoms with Crippen LogP contribution in [0.15, 0.2) is 53.4 Å². The molecule has 1 aliphatic heterocycles. The Morgan fingerprint density at radius 2 is 1.71 bits per heavy atom. The second-order valence-electron chi connectivity index (χ2n) is 7.30. The van der Waals surface area contributed by atoms with E-state index in [1.807, 2.05) is 31.2 Å². The normalized spacial score (nSPS) is 15.7. The molecule has 0 aliphatic carbocycles. The van der Waals surface area contributed by atoms with Crippen molar-refractivity contribution in [1.82, 2.24) is 9.21 Å². The first-order valence-corrected chi connectivity index (χ1v) is 11.3. The number of hydrogen-bond acceptors (Lipinski definition) is 4. The molecule has 0 unspecified atom stereocenters. The van der Waals surface area contributed by atoms with Crippen molar-refractivity contribution in [3.63, 3.8) is 0 Å². The molecule has 1 aliphatic rings. The lowest BCUT2D eigenvalue weighted by atomic mass is 10.2. The minimum atomic E-state index is -4.62. The fraction of sp³-hybridized carbons (Fsp3) is 0.381. The number of hydrogen-bond donors (Lipinski definition) is 1. The summed E-state index contributed by atoms with van der Waals surface area (Å²) in [5, 5.41) is 3.21. The molecule has 168 valence electrons. The Labute approximate surface area is 179 Å². The minimum Gasteiger partial charge on any atom is -0.384 e. The van der Waals surface area contributed by atoms with Crippen LogP contribution in [0.2, 0.25) is 0 Å². The van der Waals surface area contributed by atoms with Crippen LogP contribution < -0.4 is 5.32 Å². The maximum absolute atomic E-state index is 12.9. The number of halogens is 3. The largest absolute Gasteiger partial charge is 0.416 e. The topological polar surface area (TPSA) is 69.7 Å². The van der Waals surface area contributed by atoms with E-state index in [0.29, 0.717) is 12.6 Å². The van der Waals surface area contributed by atoms with Gasteiger partial charge in [-0.1, -0.05) is 24.3 Å². The Morgan fingerprint density at radius 1 is 1.03 bits per heavy atom. The molecule has 0 spiro atoms. The molecule has 0 bridgehead atoms. The van der Waals surface area contributed by atoms with E-state index in [1.54, 1.807) is 4.90 Å². The van der Waals surface area contributed by atoms with Gasteiger partial charge in [0.1, 0.15) is 0 Å². The number of carbonyl (C=O) groups is 1. The number of nitrogens with zero attached hydrogens (tertiary/aromatic N) is 2. The van der Waals surface area contributed by atoms with Gasteiger partial charge in [0.2, 0.25) is 15.9 Å². The van der Waals surface area contributed by atoms with Gasteiger partial charge in [0.25, 0.3) is 0 Å². The number of piperazine rings is 1. The number of benzene rings is 2. The van der Waals surface area contributed by atoms with Crippen molar-refractivity contribution in [2.45, 2.75) is 24.4 Å². The molecule has 0 radical (unpaired) electrons. The third-order valence-electron chi connectivity index (χ3n) is 5.19. The number of sulfonamides is 1. The lowest BCUT2D eigenvalue weighted by molar-refractivity contribution is -0.137. The summed E-state index contributed by atoms with van der Waals surface area (Å²) in [5.41, 5.74) is 1.01. The van der Waals surface area contributed by atoms with Gasteiger partial charge in [-0.15, -0.1) is 0 Å². The van der Waals surface area contributed by atoms with Crippen LogP contribution in [0.25, 0.3) is 0 Å². The van der Waals surface area contributed by atoms with E-state index in [-0.39, 0.29) is 38.5 Å². The third kappa shape index (κ3) is 5.56. The summed E-state index contributed by atoms with van der Waals surface area (Å²) in [4.78, 5) is 13.6. The molecule has 2 aromatic rings. The summed E-state index contributed by atoms with van der Waals surface area (Å²) >= 11 is 0. The predicted octanol–water partition coefficient (Wildman–Crippen LogP) is 3.35. The fourth-order valence-electron chi connectivity index (χ4n) is 3.39. The van der Waals surface area contributed by atoms with Crippen LogP contribution in [0, 0.1) is 6.92 Å². The van der Waals surface area contributed by atoms with Crippen molar-refractivity contribution >= 4 is 21.6 Å². The summed E-state index contributed by atoms with van der Waals surface area (Å²) in [5.74, 6) is -0.0998. The molecule has 1 saturated heterocycles. The molecule has 0 saturated carbocycles. The summed E-state index contributed by atoms with van der Waals surface area (Å²) < 4.78 is 65.4. The SMILES string of the molecule is Cc1ccccc1NCCC(=O)N1CCN(S(=O)(=O)c2cccc(C(F)(F)F)c2)CC1. The van der Waals surface area contributed by atoms with Gasteiger partial charge in [-0.3, -0.25) is 4.79 Å². The van der Waals surface area contributed by atoms with Crippen LogP contribution in [0.1, 0.15) is 17.5 Å². The van der Waals surface area contributed by atoms with Crippen molar-refractivity contribution in [2.24, 2.45) is 0 Å². The molecule has 2 aromatic carbocycles. The number of aryl methyl sites for hydroxylation is 1. The quantitative estimate of drug-likeness (QED) is 0.726. The van der Waals surface area contributed by atoms with Crippen molar-refractivity contribution in [3.8, 4) is 0 Å². The molecule has 1 heterocycles. The summed E-state index contributed by atoms with van der Waals surface area (Å²) in [6.45, 7) is 2.88. The number of alkyl halides is 3. The highest BCUT2D eigenvalue weighted by Crippen LogP contribution is 2.31. The third-order valence-corrected chi connectivity index (χ3v) is 7.08. The van der Waals surface area contributed by atoms with E-state index < -0.39 is 26.7 Å². The Bertz CT molecular complexity index is 1030. The summed E-state index contributed by atoms with van der Waals surface area (Å²) in [6, 6.07) is 11.4. The zero-order chi connectivity index (χ0) is 22.6. The van der Waals surface area contributed by atoms with Crippen LogP contribution >= 0.6 is 0 Å². The van der Waals surface area contributed by atoms with Crippen LogP contribution in [-0.2, 0) is 21.0 Å². The molecule has 10 heteroatoms. The second-order valence-corrected chi connectivity index (χ2v) is 9.24. The standard InChI is InChI=1S/C21H24F3N3O3S/c1-16-5-2-3-8-19(16)25-10-9-20(28)26-11-13-27(14-12-26)31(29,30)18-7-4-6-17(15-18)21(22,23)24/h2-8,15,25H,9-14H2,1H3. The monoisotopic (exact) mass is 455 g/mol. The van der Waals surface area contributed by atoms with Gasteiger partial charge in [-0.25, -0.2) is 8.42 Å². The van der Waals surface area contributed by atoms with E-state index in [0.717, 1.165) is 33.8 Å². The highest BCUT2D eigenvalue weighted by Gasteiger charge is 2.34. The Balaban J connectivity index is 1.55. The van der Waals surface area contributed by atoms with Gasteiger partial charge in [-0.2, -0.15) is 17.5 Å². The molecule has 0 aromatic heterocycles. The number of amides is 1. The molecule has 6 nitrogen and oxygen atoms in total. The van der Waals surface area contributed by atoms with Gasteiger partial charge in [0.05, 0.1) is 10.5 Å². The van der Waals surface area contributed by atoms with Crippen molar-refractivity contribution in [1.29, 1.82) is 0 Å². The maximum Gasteiger partial charge on any atom is 0.416 e. The first kappa shape index (κ1) is 23.1. The Morgan fingerprint density at radius 3 is 2.35 bits per heavy atom. The Hall–Kier alpha value is -2.59. The molecule has 1 fully saturated rings. The number of para-hydroxylation sites is 1.